The Morgan fingerprint density at radius 2 is 2.14 bits per heavy atom. The van der Waals surface area contributed by atoms with Gasteiger partial charge in [-0.05, 0) is 27.2 Å². The third-order valence-electron chi connectivity index (χ3n) is 2.34. The minimum Gasteiger partial charge on any atom is -0.299 e. The highest BCUT2D eigenvalue weighted by atomic mass is 16.1. The second kappa shape index (κ2) is 4.31. The molecule has 14 heavy (non-hydrogen) atoms. The molecular formula is C11H16N2O. The molecule has 1 unspecified atom stereocenters. The van der Waals surface area contributed by atoms with Gasteiger partial charge in [-0.2, -0.15) is 0 Å². The Balaban J connectivity index is 3.15. The molecule has 3 nitrogen and oxygen atoms in total. The first-order chi connectivity index (χ1) is 6.56. The lowest BCUT2D eigenvalue weighted by Gasteiger charge is -2.12. The summed E-state index contributed by atoms with van der Waals surface area (Å²) in [6.07, 6.45) is 2.51. The first kappa shape index (κ1) is 10.8. The molecule has 1 heterocycles. The van der Waals surface area contributed by atoms with Crippen molar-refractivity contribution in [3.8, 4) is 0 Å². The summed E-state index contributed by atoms with van der Waals surface area (Å²) in [6, 6.07) is 0. The van der Waals surface area contributed by atoms with Crippen molar-refractivity contribution in [2.45, 2.75) is 40.0 Å². The zero-order valence-electron chi connectivity index (χ0n) is 9.16. The Morgan fingerprint density at radius 3 is 2.64 bits per heavy atom. The fourth-order valence-electron chi connectivity index (χ4n) is 1.56. The molecule has 1 rings (SSSR count). The van der Waals surface area contributed by atoms with Gasteiger partial charge in [0.2, 0.25) is 0 Å². The molecule has 0 N–H and O–H groups in total. The molecule has 76 valence electrons. The molecule has 0 radical (unpaired) electrons. The summed E-state index contributed by atoms with van der Waals surface area (Å²) in [5, 5.41) is 0. The van der Waals surface area contributed by atoms with E-state index in [-0.39, 0.29) is 11.7 Å². The van der Waals surface area contributed by atoms with Crippen LogP contribution < -0.4 is 0 Å². The van der Waals surface area contributed by atoms with Crippen molar-refractivity contribution < 1.29 is 4.79 Å². The molecule has 0 spiro atoms. The maximum Gasteiger partial charge on any atom is 0.138 e. The predicted molar refractivity (Wildman–Crippen MR) is 55.2 cm³/mol. The van der Waals surface area contributed by atoms with Crippen molar-refractivity contribution in [1.82, 2.24) is 9.97 Å². The van der Waals surface area contributed by atoms with Gasteiger partial charge in [0.15, 0.2) is 0 Å². The Morgan fingerprint density at radius 1 is 1.50 bits per heavy atom. The van der Waals surface area contributed by atoms with E-state index in [0.29, 0.717) is 0 Å². The van der Waals surface area contributed by atoms with E-state index in [9.17, 15) is 4.79 Å². The van der Waals surface area contributed by atoms with Gasteiger partial charge in [-0.1, -0.05) is 6.92 Å². The monoisotopic (exact) mass is 192 g/mol. The number of hydrogen-bond donors (Lipinski definition) is 0. The largest absolute Gasteiger partial charge is 0.299 e. The van der Waals surface area contributed by atoms with Crippen LogP contribution in [0.5, 0.6) is 0 Å². The van der Waals surface area contributed by atoms with E-state index in [2.05, 4.69) is 9.97 Å². The van der Waals surface area contributed by atoms with Crippen LogP contribution in [0.3, 0.4) is 0 Å². The van der Waals surface area contributed by atoms with E-state index in [1.165, 1.54) is 0 Å². The van der Waals surface area contributed by atoms with E-state index < -0.39 is 0 Å². The Kier molecular flexibility index (Phi) is 3.33. The van der Waals surface area contributed by atoms with Crippen LogP contribution >= 0.6 is 0 Å². The van der Waals surface area contributed by atoms with Gasteiger partial charge >= 0.3 is 0 Å². The maximum absolute atomic E-state index is 11.4. The third kappa shape index (κ3) is 2.16. The summed E-state index contributed by atoms with van der Waals surface area (Å²) >= 11 is 0. The van der Waals surface area contributed by atoms with Gasteiger partial charge in [0, 0.05) is 6.20 Å². The smallest absolute Gasteiger partial charge is 0.138 e. The topological polar surface area (TPSA) is 42.9 Å². The number of carbonyl (C=O) groups is 1. The number of nitrogens with zero attached hydrogens (tertiary/aromatic N) is 2. The average Bonchev–Trinajstić information content (AvgIpc) is 2.11. The molecule has 0 aliphatic rings. The van der Waals surface area contributed by atoms with E-state index in [0.717, 1.165) is 23.5 Å². The Labute approximate surface area is 84.6 Å². The van der Waals surface area contributed by atoms with Crippen molar-refractivity contribution in [2.75, 3.05) is 0 Å². The molecule has 3 heteroatoms. The quantitative estimate of drug-likeness (QED) is 0.737. The van der Waals surface area contributed by atoms with Crippen molar-refractivity contribution >= 4 is 5.78 Å². The van der Waals surface area contributed by atoms with E-state index in [4.69, 9.17) is 0 Å². The van der Waals surface area contributed by atoms with E-state index in [1.54, 1.807) is 13.1 Å². The summed E-state index contributed by atoms with van der Waals surface area (Å²) in [7, 11) is 0. The molecule has 0 amide bonds. The SMILES string of the molecule is CCC(C(C)=O)c1nc(C)cnc1C. The zero-order chi connectivity index (χ0) is 10.7. The lowest BCUT2D eigenvalue weighted by Crippen LogP contribution is -2.12. The third-order valence-corrected chi connectivity index (χ3v) is 2.34. The van der Waals surface area contributed by atoms with Gasteiger partial charge in [0.25, 0.3) is 0 Å². The highest BCUT2D eigenvalue weighted by Gasteiger charge is 2.18. The minimum atomic E-state index is -0.0950. The van der Waals surface area contributed by atoms with Crippen molar-refractivity contribution in [1.29, 1.82) is 0 Å². The van der Waals surface area contributed by atoms with Crippen molar-refractivity contribution in [2.24, 2.45) is 0 Å². The summed E-state index contributed by atoms with van der Waals surface area (Å²) in [6.45, 7) is 7.39. The van der Waals surface area contributed by atoms with Gasteiger partial charge in [0.05, 0.1) is 23.0 Å². The lowest BCUT2D eigenvalue weighted by atomic mass is 9.96. The van der Waals surface area contributed by atoms with Crippen LogP contribution in [0.2, 0.25) is 0 Å². The molecule has 0 saturated heterocycles. The van der Waals surface area contributed by atoms with E-state index >= 15 is 0 Å². The predicted octanol–water partition coefficient (Wildman–Crippen LogP) is 2.18. The molecule has 0 fully saturated rings. The molecule has 0 aliphatic heterocycles. The standard InChI is InChI=1S/C11H16N2O/c1-5-10(9(4)14)11-8(3)12-6-7(2)13-11/h6,10H,5H2,1-4H3. The van der Waals surface area contributed by atoms with Crippen LogP contribution in [0, 0.1) is 13.8 Å². The summed E-state index contributed by atoms with van der Waals surface area (Å²) < 4.78 is 0. The molecule has 0 aliphatic carbocycles. The fraction of sp³-hybridized carbons (Fsp3) is 0.545. The van der Waals surface area contributed by atoms with Gasteiger partial charge < -0.3 is 0 Å². The molecule has 0 bridgehead atoms. The lowest BCUT2D eigenvalue weighted by molar-refractivity contribution is -0.118. The number of ketones is 1. The van der Waals surface area contributed by atoms with Crippen LogP contribution in [0.4, 0.5) is 0 Å². The number of carbonyl (C=O) groups excluding carboxylic acids is 1. The van der Waals surface area contributed by atoms with Crippen LogP contribution in [0.25, 0.3) is 0 Å². The van der Waals surface area contributed by atoms with Crippen molar-refractivity contribution in [3.63, 3.8) is 0 Å². The Bertz CT molecular complexity index is 347. The number of aryl methyl sites for hydroxylation is 2. The number of Topliss-reactive ketones (excluding diaryl/α,β-unsaturated/α-hetero) is 1. The summed E-state index contributed by atoms with van der Waals surface area (Å²) in [5.41, 5.74) is 2.56. The molecule has 1 aromatic rings. The minimum absolute atomic E-state index is 0.0950. The van der Waals surface area contributed by atoms with Crippen LogP contribution in [-0.2, 0) is 4.79 Å². The summed E-state index contributed by atoms with van der Waals surface area (Å²) in [5.74, 6) is 0.0675. The number of aromatic nitrogens is 2. The second-order valence-electron chi connectivity index (χ2n) is 3.55. The van der Waals surface area contributed by atoms with E-state index in [1.807, 2.05) is 20.8 Å². The zero-order valence-corrected chi connectivity index (χ0v) is 9.16. The molecule has 1 aromatic heterocycles. The first-order valence-corrected chi connectivity index (χ1v) is 4.86. The highest BCUT2D eigenvalue weighted by molar-refractivity contribution is 5.83. The molecule has 0 saturated carbocycles. The van der Waals surface area contributed by atoms with Gasteiger partial charge in [0.1, 0.15) is 5.78 Å². The molecular weight excluding hydrogens is 176 g/mol. The van der Waals surface area contributed by atoms with Crippen molar-refractivity contribution in [3.05, 3.63) is 23.3 Å². The van der Waals surface area contributed by atoms with Gasteiger partial charge in [-0.25, -0.2) is 0 Å². The highest BCUT2D eigenvalue weighted by Crippen LogP contribution is 2.20. The first-order valence-electron chi connectivity index (χ1n) is 4.86. The number of rotatable bonds is 3. The van der Waals surface area contributed by atoms with Crippen LogP contribution in [0.1, 0.15) is 43.3 Å². The van der Waals surface area contributed by atoms with Crippen LogP contribution in [0.15, 0.2) is 6.20 Å². The number of hydrogen-bond acceptors (Lipinski definition) is 3. The maximum atomic E-state index is 11.4. The average molecular weight is 192 g/mol. The summed E-state index contributed by atoms with van der Waals surface area (Å²) in [4.78, 5) is 20.0. The van der Waals surface area contributed by atoms with Gasteiger partial charge in [-0.3, -0.25) is 14.8 Å². The second-order valence-corrected chi connectivity index (χ2v) is 3.55. The van der Waals surface area contributed by atoms with Gasteiger partial charge in [-0.15, -0.1) is 0 Å². The Hall–Kier alpha value is -1.25. The molecule has 1 atom stereocenters. The molecule has 0 aromatic carbocycles. The normalized spacial score (nSPS) is 12.6. The van der Waals surface area contributed by atoms with Crippen LogP contribution in [-0.4, -0.2) is 15.8 Å². The fourth-order valence-corrected chi connectivity index (χ4v) is 1.56.